The first kappa shape index (κ1) is 17.5. The van der Waals surface area contributed by atoms with Crippen molar-refractivity contribution in [3.63, 3.8) is 0 Å². The van der Waals surface area contributed by atoms with Crippen molar-refractivity contribution in [2.24, 2.45) is 4.99 Å². The summed E-state index contributed by atoms with van der Waals surface area (Å²) in [5.41, 5.74) is 1.21. The molecule has 0 unspecified atom stereocenters. The van der Waals surface area contributed by atoms with Crippen LogP contribution >= 0.6 is 11.6 Å². The lowest BCUT2D eigenvalue weighted by Crippen LogP contribution is -2.41. The number of phenolic OH excluding ortho intramolecular Hbond substituents is 1. The number of phenols is 1. The van der Waals surface area contributed by atoms with Gasteiger partial charge in [0.25, 0.3) is 5.91 Å². The molecular formula is C18H15ClN4O3. The summed E-state index contributed by atoms with van der Waals surface area (Å²) < 4.78 is 0. The number of anilines is 1. The van der Waals surface area contributed by atoms with Crippen LogP contribution in [0.3, 0.4) is 0 Å². The van der Waals surface area contributed by atoms with E-state index in [4.69, 9.17) is 11.6 Å². The largest absolute Gasteiger partial charge is 0.507 e. The number of carbonyl (C=O) groups is 2. The second-order valence-electron chi connectivity index (χ2n) is 5.48. The molecule has 0 atom stereocenters. The van der Waals surface area contributed by atoms with Gasteiger partial charge in [0.15, 0.2) is 0 Å². The maximum absolute atomic E-state index is 12.1. The van der Waals surface area contributed by atoms with E-state index in [1.54, 1.807) is 49.5 Å². The van der Waals surface area contributed by atoms with Gasteiger partial charge in [-0.1, -0.05) is 35.9 Å². The number of amides is 3. The minimum absolute atomic E-state index is 0.0429. The van der Waals surface area contributed by atoms with Crippen LogP contribution < -0.4 is 10.6 Å². The van der Waals surface area contributed by atoms with Crippen LogP contribution in [0, 0.1) is 0 Å². The van der Waals surface area contributed by atoms with Crippen LogP contribution in [0.1, 0.15) is 5.56 Å². The number of hydrogen-bond acceptors (Lipinski definition) is 4. The number of rotatable bonds is 2. The second-order valence-corrected chi connectivity index (χ2v) is 5.91. The number of carbonyl (C=O) groups excluding carboxylic acids is 2. The van der Waals surface area contributed by atoms with Crippen molar-refractivity contribution in [2.45, 2.75) is 0 Å². The van der Waals surface area contributed by atoms with Gasteiger partial charge in [0.05, 0.1) is 0 Å². The van der Waals surface area contributed by atoms with Crippen molar-refractivity contribution in [1.82, 2.24) is 10.2 Å². The van der Waals surface area contributed by atoms with Gasteiger partial charge in [-0.05, 0) is 30.3 Å². The highest BCUT2D eigenvalue weighted by molar-refractivity contribution is 6.31. The van der Waals surface area contributed by atoms with Crippen molar-refractivity contribution in [3.8, 4) is 5.75 Å². The number of nitrogens with zero attached hydrogens (tertiary/aromatic N) is 2. The Balaban J connectivity index is 1.72. The maximum atomic E-state index is 12.1. The van der Waals surface area contributed by atoms with Gasteiger partial charge in [-0.2, -0.15) is 4.99 Å². The maximum Gasteiger partial charge on any atom is 0.326 e. The lowest BCUT2D eigenvalue weighted by molar-refractivity contribution is -0.114. The standard InChI is InChI=1S/C18H15ClN4O3/c1-23-14(9-11-5-2-3-8-15(11)24)16(25)21-17(23)22-18(26)20-13-7-4-6-12(19)10-13/h2-10,24H,1H3,(H2,20,21,22,25,26)/b14-9-. The molecule has 3 rings (SSSR count). The summed E-state index contributed by atoms with van der Waals surface area (Å²) in [4.78, 5) is 29.5. The Hall–Kier alpha value is -3.32. The molecule has 0 spiro atoms. The van der Waals surface area contributed by atoms with Crippen LogP contribution in [0.4, 0.5) is 10.5 Å². The third-order valence-corrected chi connectivity index (χ3v) is 3.88. The number of urea groups is 1. The van der Waals surface area contributed by atoms with Gasteiger partial charge in [0.2, 0.25) is 5.96 Å². The quantitative estimate of drug-likeness (QED) is 0.708. The highest BCUT2D eigenvalue weighted by atomic mass is 35.5. The first-order valence-corrected chi connectivity index (χ1v) is 8.02. The second kappa shape index (κ2) is 7.28. The van der Waals surface area contributed by atoms with Crippen LogP contribution in [0.15, 0.2) is 59.2 Å². The predicted molar refractivity (Wildman–Crippen MR) is 99.9 cm³/mol. The molecule has 1 aliphatic rings. The molecule has 3 amide bonds. The fourth-order valence-electron chi connectivity index (χ4n) is 2.34. The Kier molecular flexibility index (Phi) is 4.90. The van der Waals surface area contributed by atoms with Crippen molar-refractivity contribution in [1.29, 1.82) is 0 Å². The highest BCUT2D eigenvalue weighted by Gasteiger charge is 2.28. The summed E-state index contributed by atoms with van der Waals surface area (Å²) in [6, 6.07) is 12.7. The summed E-state index contributed by atoms with van der Waals surface area (Å²) in [6.07, 6.45) is 1.50. The number of para-hydroxylation sites is 1. The minimum atomic E-state index is -0.561. The number of aromatic hydroxyl groups is 1. The smallest absolute Gasteiger partial charge is 0.326 e. The van der Waals surface area contributed by atoms with E-state index < -0.39 is 11.9 Å². The van der Waals surface area contributed by atoms with E-state index in [0.717, 1.165) is 0 Å². The fourth-order valence-corrected chi connectivity index (χ4v) is 2.53. The molecule has 1 aliphatic heterocycles. The SMILES string of the molecule is CN1C(NC(=O)Nc2cccc(Cl)c2)=NC(=O)/C1=C/c1ccccc1O. The number of halogens is 1. The first-order valence-electron chi connectivity index (χ1n) is 7.64. The number of hydrogen-bond donors (Lipinski definition) is 3. The molecule has 0 bridgehead atoms. The predicted octanol–water partition coefficient (Wildman–Crippen LogP) is 3.04. The zero-order valence-electron chi connectivity index (χ0n) is 13.7. The Labute approximate surface area is 154 Å². The van der Waals surface area contributed by atoms with E-state index in [9.17, 15) is 14.7 Å². The van der Waals surface area contributed by atoms with Crippen LogP contribution in [0.2, 0.25) is 5.02 Å². The molecule has 132 valence electrons. The van der Waals surface area contributed by atoms with Gasteiger partial charge in [-0.25, -0.2) is 4.79 Å². The van der Waals surface area contributed by atoms with E-state index in [2.05, 4.69) is 15.6 Å². The normalized spacial score (nSPS) is 15.2. The molecule has 0 aliphatic carbocycles. The first-order chi connectivity index (χ1) is 12.4. The monoisotopic (exact) mass is 370 g/mol. The molecule has 0 aromatic heterocycles. The van der Waals surface area contributed by atoms with Gasteiger partial charge >= 0.3 is 6.03 Å². The molecule has 2 aromatic rings. The van der Waals surface area contributed by atoms with Gasteiger partial charge in [-0.3, -0.25) is 10.1 Å². The number of aliphatic imine (C=N–C) groups is 1. The summed E-state index contributed by atoms with van der Waals surface area (Å²) in [6.45, 7) is 0. The average Bonchev–Trinajstić information content (AvgIpc) is 2.84. The van der Waals surface area contributed by atoms with Crippen LogP contribution in [0.5, 0.6) is 5.75 Å². The van der Waals surface area contributed by atoms with Gasteiger partial charge in [0.1, 0.15) is 11.4 Å². The summed E-state index contributed by atoms with van der Waals surface area (Å²) in [5, 5.41) is 15.4. The summed E-state index contributed by atoms with van der Waals surface area (Å²) in [5.74, 6) is -0.397. The highest BCUT2D eigenvalue weighted by Crippen LogP contribution is 2.23. The Morgan fingerprint density at radius 1 is 1.19 bits per heavy atom. The topological polar surface area (TPSA) is 94.0 Å². The van der Waals surface area contributed by atoms with E-state index in [-0.39, 0.29) is 17.4 Å². The Morgan fingerprint density at radius 2 is 1.96 bits per heavy atom. The number of likely N-dealkylation sites (N-methyl/N-ethyl adjacent to an activating group) is 1. The van der Waals surface area contributed by atoms with Gasteiger partial charge < -0.3 is 15.3 Å². The molecule has 2 aromatic carbocycles. The summed E-state index contributed by atoms with van der Waals surface area (Å²) >= 11 is 5.87. The zero-order chi connectivity index (χ0) is 18.7. The van der Waals surface area contributed by atoms with E-state index in [0.29, 0.717) is 16.3 Å². The molecule has 0 saturated carbocycles. The lowest BCUT2D eigenvalue weighted by atomic mass is 10.1. The minimum Gasteiger partial charge on any atom is -0.507 e. The van der Waals surface area contributed by atoms with Gasteiger partial charge in [0, 0.05) is 23.3 Å². The van der Waals surface area contributed by atoms with Crippen molar-refractivity contribution in [2.75, 3.05) is 12.4 Å². The van der Waals surface area contributed by atoms with Crippen molar-refractivity contribution >= 4 is 41.3 Å². The molecule has 0 saturated heterocycles. The molecular weight excluding hydrogens is 356 g/mol. The zero-order valence-corrected chi connectivity index (χ0v) is 14.5. The van der Waals surface area contributed by atoms with Crippen molar-refractivity contribution in [3.05, 3.63) is 64.8 Å². The number of guanidine groups is 1. The van der Waals surface area contributed by atoms with E-state index in [1.165, 1.54) is 17.0 Å². The number of nitrogens with one attached hydrogen (secondary N) is 2. The third-order valence-electron chi connectivity index (χ3n) is 3.64. The van der Waals surface area contributed by atoms with Crippen LogP contribution in [-0.2, 0) is 4.79 Å². The lowest BCUT2D eigenvalue weighted by Gasteiger charge is -2.16. The van der Waals surface area contributed by atoms with Gasteiger partial charge in [-0.15, -0.1) is 0 Å². The Bertz CT molecular complexity index is 940. The van der Waals surface area contributed by atoms with Crippen molar-refractivity contribution < 1.29 is 14.7 Å². The number of benzene rings is 2. The summed E-state index contributed by atoms with van der Waals surface area (Å²) in [7, 11) is 1.59. The Morgan fingerprint density at radius 3 is 2.69 bits per heavy atom. The molecule has 0 radical (unpaired) electrons. The van der Waals surface area contributed by atoms with Crippen LogP contribution in [0.25, 0.3) is 6.08 Å². The molecule has 8 heteroatoms. The van der Waals surface area contributed by atoms with E-state index in [1.807, 2.05) is 0 Å². The third kappa shape index (κ3) is 3.84. The average molecular weight is 371 g/mol. The molecule has 1 heterocycles. The molecule has 26 heavy (non-hydrogen) atoms. The molecule has 0 fully saturated rings. The van der Waals surface area contributed by atoms with E-state index >= 15 is 0 Å². The fraction of sp³-hybridized carbons (Fsp3) is 0.0556. The molecule has 3 N–H and O–H groups in total. The van der Waals surface area contributed by atoms with Crippen LogP contribution in [-0.4, -0.2) is 35.0 Å². The molecule has 7 nitrogen and oxygen atoms in total.